The molecule has 2 saturated heterocycles. The molecule has 11 heteroatoms. The van der Waals surface area contributed by atoms with Crippen LogP contribution in [0.1, 0.15) is 0 Å². The summed E-state index contributed by atoms with van der Waals surface area (Å²) < 4.78 is 15.2. The van der Waals surface area contributed by atoms with Crippen LogP contribution in [0.4, 0.5) is 0 Å². The van der Waals surface area contributed by atoms with Gasteiger partial charge in [-0.3, -0.25) is 0 Å². The lowest BCUT2D eigenvalue weighted by Gasteiger charge is -2.41. The van der Waals surface area contributed by atoms with Crippen molar-refractivity contribution in [1.82, 2.24) is 0 Å². The fraction of sp³-hybridized carbons (Fsp3) is 1.00. The Labute approximate surface area is 131 Å². The summed E-state index contributed by atoms with van der Waals surface area (Å²) >= 11 is 0. The van der Waals surface area contributed by atoms with Crippen molar-refractivity contribution >= 4 is 0 Å². The number of aliphatic hydroxyl groups is 7. The highest BCUT2D eigenvalue weighted by Gasteiger charge is 2.54. The van der Waals surface area contributed by atoms with E-state index in [0.29, 0.717) is 0 Å². The molecule has 2 aliphatic rings. The summed E-state index contributed by atoms with van der Waals surface area (Å²) in [5, 5.41) is 67.3. The molecule has 11 nitrogen and oxygen atoms in total. The van der Waals surface area contributed by atoms with E-state index in [4.69, 9.17) is 30.2 Å². The summed E-state index contributed by atoms with van der Waals surface area (Å²) in [5.41, 5.74) is 5.60. The first kappa shape index (κ1) is 18.9. The van der Waals surface area contributed by atoms with Gasteiger partial charge in [0, 0.05) is 0 Å². The number of nitrogens with two attached hydrogens (primary N) is 1. The second kappa shape index (κ2) is 7.21. The van der Waals surface area contributed by atoms with Gasteiger partial charge in [-0.15, -0.1) is 0 Å². The van der Waals surface area contributed by atoms with Gasteiger partial charge in [0.1, 0.15) is 43.2 Å². The van der Waals surface area contributed by atoms with Gasteiger partial charge >= 0.3 is 0 Å². The summed E-state index contributed by atoms with van der Waals surface area (Å²) in [4.78, 5) is 0. The van der Waals surface area contributed by atoms with Crippen molar-refractivity contribution in [3.05, 3.63) is 0 Å². The second-order valence-corrected chi connectivity index (χ2v) is 5.71. The maximum Gasteiger partial charge on any atom is 0.219 e. The fourth-order valence-electron chi connectivity index (χ4n) is 2.59. The van der Waals surface area contributed by atoms with Crippen LogP contribution in [0, 0.1) is 0 Å². The first-order valence-electron chi connectivity index (χ1n) is 7.12. The Morgan fingerprint density at radius 2 is 1.57 bits per heavy atom. The van der Waals surface area contributed by atoms with E-state index in [-0.39, 0.29) is 0 Å². The maximum absolute atomic E-state index is 10.2. The summed E-state index contributed by atoms with van der Waals surface area (Å²) in [6, 6.07) is -1.16. The minimum atomic E-state index is -2.33. The van der Waals surface area contributed by atoms with Gasteiger partial charge in [-0.05, 0) is 0 Å². The predicted molar refractivity (Wildman–Crippen MR) is 70.6 cm³/mol. The smallest absolute Gasteiger partial charge is 0.219 e. The zero-order chi connectivity index (χ0) is 17.4. The van der Waals surface area contributed by atoms with Crippen molar-refractivity contribution in [2.24, 2.45) is 5.73 Å². The van der Waals surface area contributed by atoms with Crippen LogP contribution < -0.4 is 5.73 Å². The second-order valence-electron chi connectivity index (χ2n) is 5.71. The van der Waals surface area contributed by atoms with Crippen molar-refractivity contribution in [3.63, 3.8) is 0 Å². The van der Waals surface area contributed by atoms with Gasteiger partial charge in [-0.2, -0.15) is 0 Å². The van der Waals surface area contributed by atoms with Crippen LogP contribution in [0.5, 0.6) is 0 Å². The quantitative estimate of drug-likeness (QED) is 0.238. The molecule has 0 spiro atoms. The molecule has 136 valence electrons. The molecule has 2 heterocycles. The molecule has 2 aliphatic heterocycles. The van der Waals surface area contributed by atoms with Crippen LogP contribution in [0.15, 0.2) is 0 Å². The number of ether oxygens (including phenoxy) is 3. The molecular weight excluding hydrogens is 318 g/mol. The molecular formula is C12H23NO10. The third kappa shape index (κ3) is 3.50. The molecule has 2 fully saturated rings. The van der Waals surface area contributed by atoms with Crippen LogP contribution >= 0.6 is 0 Å². The van der Waals surface area contributed by atoms with Crippen molar-refractivity contribution in [3.8, 4) is 0 Å². The molecule has 0 aromatic heterocycles. The largest absolute Gasteiger partial charge is 0.394 e. The fourth-order valence-corrected chi connectivity index (χ4v) is 2.59. The SMILES string of the molecule is N[C@@H]1[C@H](O)[C@@H](CO)OC(OC[C@@]2(O)O[C@H](CO)[C@@H](O)[C@@H]2O)[C@@H]1O. The normalized spacial score (nSPS) is 51.1. The molecule has 0 aliphatic carbocycles. The molecule has 23 heavy (non-hydrogen) atoms. The summed E-state index contributed by atoms with van der Waals surface area (Å²) in [5.74, 6) is -2.33. The van der Waals surface area contributed by atoms with Gasteiger partial charge in [0.15, 0.2) is 6.29 Å². The first-order valence-corrected chi connectivity index (χ1v) is 7.12. The minimum Gasteiger partial charge on any atom is -0.394 e. The third-order valence-corrected chi connectivity index (χ3v) is 4.09. The van der Waals surface area contributed by atoms with Gasteiger partial charge in [0.25, 0.3) is 0 Å². The molecule has 0 amide bonds. The Morgan fingerprint density at radius 3 is 2.09 bits per heavy atom. The molecule has 0 saturated carbocycles. The van der Waals surface area contributed by atoms with Crippen molar-refractivity contribution < 1.29 is 50.0 Å². The van der Waals surface area contributed by atoms with E-state index in [9.17, 15) is 25.5 Å². The highest BCUT2D eigenvalue weighted by Crippen LogP contribution is 2.31. The standard InChI is InChI=1S/C12H23NO10/c13-6-7(16)4(1-14)22-11(9(6)18)21-3-12(20)10(19)8(17)5(2-15)23-12/h4-11,14-20H,1-3,13H2/t4-,5-,6-,7-,8-,9-,10+,11?,12-/m1/s1. The van der Waals surface area contributed by atoms with Crippen molar-refractivity contribution in [2.75, 3.05) is 19.8 Å². The van der Waals surface area contributed by atoms with E-state index in [1.807, 2.05) is 0 Å². The lowest BCUT2D eigenvalue weighted by molar-refractivity contribution is -0.318. The van der Waals surface area contributed by atoms with Gasteiger partial charge < -0.3 is 55.7 Å². The molecule has 0 aromatic rings. The molecule has 9 atom stereocenters. The van der Waals surface area contributed by atoms with Gasteiger partial charge in [0.05, 0.1) is 19.3 Å². The Balaban J connectivity index is 1.99. The van der Waals surface area contributed by atoms with E-state index in [2.05, 4.69) is 0 Å². The molecule has 0 bridgehead atoms. The lowest BCUT2D eigenvalue weighted by atomic mass is 9.97. The Kier molecular flexibility index (Phi) is 5.92. The average Bonchev–Trinajstić information content (AvgIpc) is 2.76. The van der Waals surface area contributed by atoms with Crippen LogP contribution in [0.3, 0.4) is 0 Å². The molecule has 0 aromatic carbocycles. The van der Waals surface area contributed by atoms with Gasteiger partial charge in [0.2, 0.25) is 5.79 Å². The Bertz CT molecular complexity index is 398. The number of rotatable bonds is 5. The number of hydrogen-bond acceptors (Lipinski definition) is 11. The van der Waals surface area contributed by atoms with Crippen molar-refractivity contribution in [2.45, 2.75) is 54.7 Å². The predicted octanol–water partition coefficient (Wildman–Crippen LogP) is -5.43. The number of aliphatic hydroxyl groups excluding tert-OH is 6. The van der Waals surface area contributed by atoms with Crippen LogP contribution in [0.25, 0.3) is 0 Å². The summed E-state index contributed by atoms with van der Waals surface area (Å²) in [6.07, 6.45) is -9.77. The average molecular weight is 341 g/mol. The molecule has 1 unspecified atom stereocenters. The Morgan fingerprint density at radius 1 is 0.957 bits per heavy atom. The monoisotopic (exact) mass is 341 g/mol. The first-order chi connectivity index (χ1) is 10.7. The molecule has 2 rings (SSSR count). The van der Waals surface area contributed by atoms with Crippen LogP contribution in [-0.4, -0.2) is 110 Å². The zero-order valence-corrected chi connectivity index (χ0v) is 12.2. The van der Waals surface area contributed by atoms with E-state index < -0.39 is 74.6 Å². The zero-order valence-electron chi connectivity index (χ0n) is 12.2. The third-order valence-electron chi connectivity index (χ3n) is 4.09. The number of hydrogen-bond donors (Lipinski definition) is 8. The Hall–Kier alpha value is -0.440. The highest BCUT2D eigenvalue weighted by molar-refractivity contribution is 4.96. The van der Waals surface area contributed by atoms with E-state index in [1.54, 1.807) is 0 Å². The van der Waals surface area contributed by atoms with Crippen LogP contribution in [0.2, 0.25) is 0 Å². The lowest BCUT2D eigenvalue weighted by Crippen LogP contribution is -2.63. The van der Waals surface area contributed by atoms with E-state index in [1.165, 1.54) is 0 Å². The van der Waals surface area contributed by atoms with E-state index in [0.717, 1.165) is 0 Å². The van der Waals surface area contributed by atoms with E-state index >= 15 is 0 Å². The summed E-state index contributed by atoms with van der Waals surface area (Å²) in [6.45, 7) is -1.92. The highest BCUT2D eigenvalue weighted by atomic mass is 16.7. The maximum atomic E-state index is 10.2. The van der Waals surface area contributed by atoms with Crippen molar-refractivity contribution in [1.29, 1.82) is 0 Å². The minimum absolute atomic E-state index is 0.573. The summed E-state index contributed by atoms with van der Waals surface area (Å²) in [7, 11) is 0. The van der Waals surface area contributed by atoms with Gasteiger partial charge in [-0.1, -0.05) is 0 Å². The molecule has 9 N–H and O–H groups in total. The van der Waals surface area contributed by atoms with Gasteiger partial charge in [-0.25, -0.2) is 0 Å². The topological polar surface area (TPSA) is 195 Å². The van der Waals surface area contributed by atoms with Crippen LogP contribution in [-0.2, 0) is 14.2 Å². The molecule has 0 radical (unpaired) electrons.